The summed E-state index contributed by atoms with van der Waals surface area (Å²) < 4.78 is 8.26. The molecule has 0 saturated carbocycles. The van der Waals surface area contributed by atoms with Crippen molar-refractivity contribution in [2.45, 2.75) is 38.8 Å². The molecular formula is C21H22Cl2N2O. The van der Waals surface area contributed by atoms with Crippen molar-refractivity contribution in [1.82, 2.24) is 9.55 Å². The highest BCUT2D eigenvalue weighted by Gasteiger charge is 2.16. The highest BCUT2D eigenvalue weighted by atomic mass is 35.5. The van der Waals surface area contributed by atoms with E-state index in [-0.39, 0.29) is 0 Å². The number of hydrogen-bond acceptors (Lipinski definition) is 2. The van der Waals surface area contributed by atoms with Gasteiger partial charge < -0.3 is 9.30 Å². The smallest absolute Gasteiger partial charge is 0.123 e. The monoisotopic (exact) mass is 388 g/mol. The molecule has 0 saturated heterocycles. The Morgan fingerprint density at radius 1 is 1.12 bits per heavy atom. The molecular weight excluding hydrogens is 367 g/mol. The number of hydrogen-bond donors (Lipinski definition) is 0. The highest BCUT2D eigenvalue weighted by Crippen LogP contribution is 2.32. The molecule has 5 heteroatoms. The average molecular weight is 389 g/mol. The fourth-order valence-corrected chi connectivity index (χ4v) is 3.40. The summed E-state index contributed by atoms with van der Waals surface area (Å²) in [6, 6.07) is 13.8. The molecule has 1 atom stereocenters. The number of halogens is 2. The maximum atomic E-state index is 6.14. The van der Waals surface area contributed by atoms with Crippen molar-refractivity contribution < 1.29 is 4.74 Å². The Labute approximate surface area is 164 Å². The lowest BCUT2D eigenvalue weighted by atomic mass is 9.93. The maximum absolute atomic E-state index is 6.14. The van der Waals surface area contributed by atoms with Crippen LogP contribution in [0.3, 0.4) is 0 Å². The lowest BCUT2D eigenvalue weighted by Gasteiger charge is -2.21. The van der Waals surface area contributed by atoms with E-state index in [1.54, 1.807) is 6.07 Å². The van der Waals surface area contributed by atoms with Gasteiger partial charge in [0.2, 0.25) is 0 Å². The molecule has 0 fully saturated rings. The second-order valence-corrected chi connectivity index (χ2v) is 7.13. The van der Waals surface area contributed by atoms with Gasteiger partial charge >= 0.3 is 0 Å². The first-order chi connectivity index (χ1) is 12.7. The van der Waals surface area contributed by atoms with Crippen molar-refractivity contribution in [3.8, 4) is 5.75 Å². The molecule has 26 heavy (non-hydrogen) atoms. The number of para-hydroxylation sites is 1. The maximum Gasteiger partial charge on any atom is 0.123 e. The second-order valence-electron chi connectivity index (χ2n) is 6.32. The van der Waals surface area contributed by atoms with Gasteiger partial charge in [-0.3, -0.25) is 0 Å². The van der Waals surface area contributed by atoms with Crippen molar-refractivity contribution in [2.75, 3.05) is 0 Å². The molecule has 3 aromatic rings. The van der Waals surface area contributed by atoms with Gasteiger partial charge in [-0.1, -0.05) is 60.8 Å². The molecule has 0 aliphatic rings. The number of benzene rings is 2. The largest absolute Gasteiger partial charge is 0.489 e. The fourth-order valence-electron chi connectivity index (χ4n) is 3.08. The van der Waals surface area contributed by atoms with Crippen LogP contribution in [0.1, 0.15) is 36.8 Å². The Balaban J connectivity index is 1.78. The van der Waals surface area contributed by atoms with E-state index in [0.717, 1.165) is 30.7 Å². The zero-order valence-electron chi connectivity index (χ0n) is 14.7. The molecule has 0 radical (unpaired) electrons. The summed E-state index contributed by atoms with van der Waals surface area (Å²) in [5.74, 6) is 1.29. The van der Waals surface area contributed by atoms with Crippen LogP contribution in [-0.4, -0.2) is 9.55 Å². The molecule has 2 aromatic carbocycles. The van der Waals surface area contributed by atoms with Crippen molar-refractivity contribution in [3.63, 3.8) is 0 Å². The normalized spacial score (nSPS) is 12.1. The third-order valence-corrected chi connectivity index (χ3v) is 5.10. The standard InChI is InChI=1S/C21H22Cl2N2O/c1-2-5-17(13-25-11-10-24-15-25)18-6-3-4-7-21(18)26-14-16-8-9-19(22)20(23)12-16/h3-4,6-12,15,17H,2,5,13-14H2,1H3. The number of aromatic nitrogens is 2. The lowest BCUT2D eigenvalue weighted by molar-refractivity contribution is 0.299. The molecule has 1 heterocycles. The summed E-state index contributed by atoms with van der Waals surface area (Å²) >= 11 is 12.1. The van der Waals surface area contributed by atoms with E-state index in [1.807, 2.05) is 43.0 Å². The first-order valence-corrected chi connectivity index (χ1v) is 9.54. The second kappa shape index (κ2) is 9.11. The number of rotatable bonds is 8. The summed E-state index contributed by atoms with van der Waals surface area (Å²) in [7, 11) is 0. The highest BCUT2D eigenvalue weighted by molar-refractivity contribution is 6.42. The van der Waals surface area contributed by atoms with Gasteiger partial charge in [0.15, 0.2) is 0 Å². The van der Waals surface area contributed by atoms with E-state index < -0.39 is 0 Å². The minimum Gasteiger partial charge on any atom is -0.489 e. The van der Waals surface area contributed by atoms with Crippen LogP contribution in [0.15, 0.2) is 61.2 Å². The predicted octanol–water partition coefficient (Wildman–Crippen LogP) is 6.35. The molecule has 136 valence electrons. The van der Waals surface area contributed by atoms with Crippen LogP contribution in [0.25, 0.3) is 0 Å². The molecule has 3 rings (SSSR count). The van der Waals surface area contributed by atoms with Crippen LogP contribution >= 0.6 is 23.2 Å². The molecule has 0 N–H and O–H groups in total. The molecule has 1 aromatic heterocycles. The van der Waals surface area contributed by atoms with Gasteiger partial charge in [-0.25, -0.2) is 4.98 Å². The Kier molecular flexibility index (Phi) is 6.59. The minimum atomic E-state index is 0.374. The van der Waals surface area contributed by atoms with Crippen molar-refractivity contribution >= 4 is 23.2 Å². The molecule has 0 amide bonds. The van der Waals surface area contributed by atoms with E-state index in [4.69, 9.17) is 27.9 Å². The van der Waals surface area contributed by atoms with Crippen molar-refractivity contribution in [1.29, 1.82) is 0 Å². The predicted molar refractivity (Wildman–Crippen MR) is 107 cm³/mol. The Hall–Kier alpha value is -1.97. The Bertz CT molecular complexity index is 834. The zero-order chi connectivity index (χ0) is 18.4. The summed E-state index contributed by atoms with van der Waals surface area (Å²) in [6.45, 7) is 3.55. The van der Waals surface area contributed by atoms with Crippen LogP contribution in [0, 0.1) is 0 Å². The van der Waals surface area contributed by atoms with Gasteiger partial charge in [0.05, 0.1) is 16.4 Å². The summed E-state index contributed by atoms with van der Waals surface area (Å²) in [5.41, 5.74) is 2.22. The molecule has 0 aliphatic carbocycles. The topological polar surface area (TPSA) is 27.1 Å². The third kappa shape index (κ3) is 4.80. The van der Waals surface area contributed by atoms with E-state index in [9.17, 15) is 0 Å². The molecule has 0 spiro atoms. The first kappa shape index (κ1) is 18.8. The Morgan fingerprint density at radius 3 is 2.69 bits per heavy atom. The Morgan fingerprint density at radius 2 is 1.96 bits per heavy atom. The summed E-state index contributed by atoms with van der Waals surface area (Å²) in [4.78, 5) is 4.15. The minimum absolute atomic E-state index is 0.374. The molecule has 1 unspecified atom stereocenters. The molecule has 3 nitrogen and oxygen atoms in total. The first-order valence-electron chi connectivity index (χ1n) is 8.78. The van der Waals surface area contributed by atoms with Gasteiger partial charge in [0.1, 0.15) is 12.4 Å². The van der Waals surface area contributed by atoms with Crippen molar-refractivity contribution in [3.05, 3.63) is 82.4 Å². The van der Waals surface area contributed by atoms with Gasteiger partial charge in [0.25, 0.3) is 0 Å². The SMILES string of the molecule is CCCC(Cn1ccnc1)c1ccccc1OCc1ccc(Cl)c(Cl)c1. The van der Waals surface area contributed by atoms with Crippen LogP contribution in [0.4, 0.5) is 0 Å². The number of nitrogens with zero attached hydrogens (tertiary/aromatic N) is 2. The van der Waals surface area contributed by atoms with Crippen LogP contribution in [0.5, 0.6) is 5.75 Å². The molecule has 0 bridgehead atoms. The van der Waals surface area contributed by atoms with E-state index >= 15 is 0 Å². The third-order valence-electron chi connectivity index (χ3n) is 4.36. The number of ether oxygens (including phenoxy) is 1. The van der Waals surface area contributed by atoms with Crippen LogP contribution in [0.2, 0.25) is 10.0 Å². The molecule has 0 aliphatic heterocycles. The lowest BCUT2D eigenvalue weighted by Crippen LogP contribution is -2.10. The zero-order valence-corrected chi connectivity index (χ0v) is 16.2. The van der Waals surface area contributed by atoms with Crippen molar-refractivity contribution in [2.24, 2.45) is 0 Å². The summed E-state index contributed by atoms with van der Waals surface area (Å²) in [5, 5.41) is 1.10. The quantitative estimate of drug-likeness (QED) is 0.449. The van der Waals surface area contributed by atoms with Gasteiger partial charge in [-0.2, -0.15) is 0 Å². The van der Waals surface area contributed by atoms with E-state index in [2.05, 4.69) is 28.6 Å². The number of imidazole rings is 1. The summed E-state index contributed by atoms with van der Waals surface area (Å²) in [6.07, 6.45) is 7.88. The van der Waals surface area contributed by atoms with E-state index in [1.165, 1.54) is 5.56 Å². The average Bonchev–Trinajstić information content (AvgIpc) is 3.16. The van der Waals surface area contributed by atoms with E-state index in [0.29, 0.717) is 22.6 Å². The van der Waals surface area contributed by atoms with Gasteiger partial charge in [0, 0.05) is 24.9 Å². The van der Waals surface area contributed by atoms with Crippen LogP contribution < -0.4 is 4.74 Å². The van der Waals surface area contributed by atoms with Gasteiger partial charge in [-0.15, -0.1) is 0 Å². The van der Waals surface area contributed by atoms with Crippen LogP contribution in [-0.2, 0) is 13.2 Å². The van der Waals surface area contributed by atoms with Gasteiger partial charge in [-0.05, 0) is 35.7 Å². The fraction of sp³-hybridized carbons (Fsp3) is 0.286.